The van der Waals surface area contributed by atoms with Gasteiger partial charge in [-0.1, -0.05) is 42.5 Å². The molecule has 6 nitrogen and oxygen atoms in total. The maximum Gasteiger partial charge on any atom is 0.234 e. The lowest BCUT2D eigenvalue weighted by molar-refractivity contribution is -0.121. The molecular weight excluding hydrogens is 274 g/mol. The highest BCUT2D eigenvalue weighted by Crippen LogP contribution is 2.16. The molecule has 0 aliphatic rings. The third-order valence-corrected chi connectivity index (χ3v) is 2.98. The van der Waals surface area contributed by atoms with Crippen LogP contribution >= 0.6 is 12.2 Å². The fourth-order valence-corrected chi connectivity index (χ4v) is 2.07. The van der Waals surface area contributed by atoms with Crippen molar-refractivity contribution in [1.29, 1.82) is 0 Å². The SMILES string of the molecule is Cn1cnc(CNC(=O)C(C(N)=S)c2ccccc2)n1. The second-order valence-electron chi connectivity index (χ2n) is 4.30. The molecule has 0 aliphatic heterocycles. The molecule has 7 heteroatoms. The Hall–Kier alpha value is -2.28. The van der Waals surface area contributed by atoms with Gasteiger partial charge < -0.3 is 11.1 Å². The van der Waals surface area contributed by atoms with Gasteiger partial charge in [-0.05, 0) is 5.56 Å². The topological polar surface area (TPSA) is 85.8 Å². The van der Waals surface area contributed by atoms with Gasteiger partial charge in [-0.15, -0.1) is 0 Å². The Bertz CT molecular complexity index is 610. The van der Waals surface area contributed by atoms with Crippen molar-refractivity contribution >= 4 is 23.1 Å². The van der Waals surface area contributed by atoms with Crippen LogP contribution in [0.4, 0.5) is 0 Å². The number of thiocarbonyl (C=S) groups is 1. The first-order valence-electron chi connectivity index (χ1n) is 6.04. The molecule has 104 valence electrons. The smallest absolute Gasteiger partial charge is 0.234 e. The summed E-state index contributed by atoms with van der Waals surface area (Å²) >= 11 is 4.99. The first kappa shape index (κ1) is 14.1. The van der Waals surface area contributed by atoms with E-state index in [1.807, 2.05) is 30.3 Å². The largest absolute Gasteiger partial charge is 0.392 e. The first-order chi connectivity index (χ1) is 9.58. The van der Waals surface area contributed by atoms with Gasteiger partial charge in [-0.3, -0.25) is 9.48 Å². The highest BCUT2D eigenvalue weighted by molar-refractivity contribution is 7.80. The number of aryl methyl sites for hydroxylation is 1. The van der Waals surface area contributed by atoms with Crippen molar-refractivity contribution in [3.8, 4) is 0 Å². The van der Waals surface area contributed by atoms with Crippen LogP contribution in [0.1, 0.15) is 17.3 Å². The van der Waals surface area contributed by atoms with Crippen molar-refractivity contribution in [3.05, 3.63) is 48.0 Å². The van der Waals surface area contributed by atoms with E-state index >= 15 is 0 Å². The number of carbonyl (C=O) groups is 1. The maximum atomic E-state index is 12.2. The summed E-state index contributed by atoms with van der Waals surface area (Å²) in [5.41, 5.74) is 6.45. The number of benzene rings is 1. The molecule has 0 bridgehead atoms. The molecule has 2 rings (SSSR count). The molecule has 20 heavy (non-hydrogen) atoms. The summed E-state index contributed by atoms with van der Waals surface area (Å²) in [6, 6.07) is 9.20. The Morgan fingerprint density at radius 2 is 2.15 bits per heavy atom. The third kappa shape index (κ3) is 3.39. The second-order valence-corrected chi connectivity index (χ2v) is 4.77. The minimum atomic E-state index is -0.644. The van der Waals surface area contributed by atoms with Gasteiger partial charge in [-0.25, -0.2) is 4.98 Å². The van der Waals surface area contributed by atoms with Crippen LogP contribution in [-0.2, 0) is 18.4 Å². The highest BCUT2D eigenvalue weighted by Gasteiger charge is 2.23. The van der Waals surface area contributed by atoms with Gasteiger partial charge in [0.2, 0.25) is 5.91 Å². The lowest BCUT2D eigenvalue weighted by Gasteiger charge is -2.15. The zero-order valence-electron chi connectivity index (χ0n) is 11.0. The first-order valence-corrected chi connectivity index (χ1v) is 6.45. The van der Waals surface area contributed by atoms with E-state index < -0.39 is 5.92 Å². The molecule has 0 aliphatic carbocycles. The van der Waals surface area contributed by atoms with E-state index in [2.05, 4.69) is 15.4 Å². The average Bonchev–Trinajstić information content (AvgIpc) is 2.83. The van der Waals surface area contributed by atoms with Crippen LogP contribution in [0.2, 0.25) is 0 Å². The van der Waals surface area contributed by atoms with Crippen molar-refractivity contribution in [2.24, 2.45) is 12.8 Å². The summed E-state index contributed by atoms with van der Waals surface area (Å²) in [5, 5.41) is 6.83. The highest BCUT2D eigenvalue weighted by atomic mass is 32.1. The van der Waals surface area contributed by atoms with Crippen molar-refractivity contribution < 1.29 is 4.79 Å². The third-order valence-electron chi connectivity index (χ3n) is 2.75. The Balaban J connectivity index is 2.06. The van der Waals surface area contributed by atoms with Crippen LogP contribution in [0, 0.1) is 0 Å². The number of nitrogens with two attached hydrogens (primary N) is 1. The van der Waals surface area contributed by atoms with Crippen molar-refractivity contribution in [2.75, 3.05) is 0 Å². The minimum Gasteiger partial charge on any atom is -0.392 e. The Labute approximate surface area is 122 Å². The lowest BCUT2D eigenvalue weighted by Crippen LogP contribution is -2.36. The van der Waals surface area contributed by atoms with E-state index in [9.17, 15) is 4.79 Å². The molecule has 0 spiro atoms. The van der Waals surface area contributed by atoms with E-state index in [1.165, 1.54) is 0 Å². The minimum absolute atomic E-state index is 0.141. The van der Waals surface area contributed by atoms with Crippen LogP contribution in [-0.4, -0.2) is 25.7 Å². The summed E-state index contributed by atoms with van der Waals surface area (Å²) in [7, 11) is 1.76. The van der Waals surface area contributed by atoms with E-state index in [4.69, 9.17) is 18.0 Å². The van der Waals surface area contributed by atoms with Gasteiger partial charge in [0.1, 0.15) is 12.2 Å². The van der Waals surface area contributed by atoms with Crippen molar-refractivity contribution in [3.63, 3.8) is 0 Å². The molecular formula is C13H15N5OS. The zero-order chi connectivity index (χ0) is 14.5. The molecule has 1 unspecified atom stereocenters. The number of carbonyl (C=O) groups excluding carboxylic acids is 1. The second kappa shape index (κ2) is 6.25. The van der Waals surface area contributed by atoms with E-state index in [1.54, 1.807) is 18.1 Å². The zero-order valence-corrected chi connectivity index (χ0v) is 11.8. The normalized spacial score (nSPS) is 11.8. The molecule has 0 radical (unpaired) electrons. The van der Waals surface area contributed by atoms with Crippen LogP contribution in [0.5, 0.6) is 0 Å². The molecule has 3 N–H and O–H groups in total. The fourth-order valence-electron chi connectivity index (χ4n) is 1.82. The molecule has 1 atom stereocenters. The number of nitrogens with one attached hydrogen (secondary N) is 1. The molecule has 1 aromatic heterocycles. The molecule has 2 aromatic rings. The predicted molar refractivity (Wildman–Crippen MR) is 78.8 cm³/mol. The Morgan fingerprint density at radius 1 is 1.45 bits per heavy atom. The number of nitrogens with zero attached hydrogens (tertiary/aromatic N) is 3. The van der Waals surface area contributed by atoms with Crippen LogP contribution in [0.3, 0.4) is 0 Å². The van der Waals surface area contributed by atoms with E-state index in [0.717, 1.165) is 5.56 Å². The fraction of sp³-hybridized carbons (Fsp3) is 0.231. The monoisotopic (exact) mass is 289 g/mol. The van der Waals surface area contributed by atoms with Crippen molar-refractivity contribution in [1.82, 2.24) is 20.1 Å². The van der Waals surface area contributed by atoms with Gasteiger partial charge in [0, 0.05) is 7.05 Å². The summed E-state index contributed by atoms with van der Waals surface area (Å²) in [6.45, 7) is 0.242. The van der Waals surface area contributed by atoms with Crippen molar-refractivity contribution in [2.45, 2.75) is 12.5 Å². The van der Waals surface area contributed by atoms with E-state index in [-0.39, 0.29) is 17.4 Å². The standard InChI is InChI=1S/C13H15N5OS/c1-18-8-16-10(17-18)7-15-13(19)11(12(14)20)9-5-3-2-4-6-9/h2-6,8,11H,7H2,1H3,(H2,14,20)(H,15,19). The molecule has 0 fully saturated rings. The quantitative estimate of drug-likeness (QED) is 0.783. The summed E-state index contributed by atoms with van der Waals surface area (Å²) in [4.78, 5) is 16.4. The number of hydrogen-bond acceptors (Lipinski definition) is 4. The number of amides is 1. The summed E-state index contributed by atoms with van der Waals surface area (Å²) in [6.07, 6.45) is 1.57. The average molecular weight is 289 g/mol. The predicted octanol–water partition coefficient (Wildman–Crippen LogP) is 0.501. The van der Waals surface area contributed by atoms with Crippen LogP contribution in [0.25, 0.3) is 0 Å². The molecule has 1 amide bonds. The summed E-state index contributed by atoms with van der Waals surface area (Å²) < 4.78 is 1.57. The van der Waals surface area contributed by atoms with Gasteiger partial charge in [-0.2, -0.15) is 5.10 Å². The molecule has 1 aromatic carbocycles. The maximum absolute atomic E-state index is 12.2. The lowest BCUT2D eigenvalue weighted by atomic mass is 9.98. The Morgan fingerprint density at radius 3 is 2.70 bits per heavy atom. The molecule has 0 saturated carbocycles. The molecule has 1 heterocycles. The summed E-state index contributed by atoms with van der Waals surface area (Å²) in [5.74, 6) is -0.360. The van der Waals surface area contributed by atoms with E-state index in [0.29, 0.717) is 5.82 Å². The molecule has 0 saturated heterocycles. The Kier molecular flexibility index (Phi) is 4.41. The van der Waals surface area contributed by atoms with Gasteiger partial charge in [0.05, 0.1) is 11.5 Å². The van der Waals surface area contributed by atoms with Crippen LogP contribution in [0.15, 0.2) is 36.7 Å². The van der Waals surface area contributed by atoms with Gasteiger partial charge in [0.25, 0.3) is 0 Å². The number of hydrogen-bond donors (Lipinski definition) is 2. The van der Waals surface area contributed by atoms with Crippen LogP contribution < -0.4 is 11.1 Å². The number of aromatic nitrogens is 3. The van der Waals surface area contributed by atoms with Gasteiger partial charge >= 0.3 is 0 Å². The van der Waals surface area contributed by atoms with Gasteiger partial charge in [0.15, 0.2) is 5.82 Å². The number of rotatable bonds is 5.